The van der Waals surface area contributed by atoms with Crippen molar-refractivity contribution in [2.45, 2.75) is 139 Å². The van der Waals surface area contributed by atoms with Crippen LogP contribution in [0.3, 0.4) is 0 Å². The van der Waals surface area contributed by atoms with Crippen molar-refractivity contribution in [3.63, 3.8) is 0 Å². The van der Waals surface area contributed by atoms with Crippen LogP contribution >= 0.6 is 0 Å². The average molecular weight is 690 g/mol. The normalized spacial score (nSPS) is 20.8. The van der Waals surface area contributed by atoms with Gasteiger partial charge in [-0.05, 0) is 113 Å². The molecule has 2 rings (SSSR count). The van der Waals surface area contributed by atoms with E-state index >= 15 is 0 Å². The summed E-state index contributed by atoms with van der Waals surface area (Å²) in [7, 11) is 0. The van der Waals surface area contributed by atoms with Crippen LogP contribution in [0.25, 0.3) is 0 Å². The van der Waals surface area contributed by atoms with E-state index < -0.39 is 17.5 Å². The van der Waals surface area contributed by atoms with Gasteiger partial charge in [0, 0.05) is 6.54 Å². The molecule has 0 heterocycles. The van der Waals surface area contributed by atoms with Crippen LogP contribution in [0, 0.1) is 33.5 Å². The van der Waals surface area contributed by atoms with Gasteiger partial charge in [-0.15, -0.1) is 0 Å². The minimum absolute atomic E-state index is 0.00348. The molecule has 0 aromatic heterocycles. The molecule has 0 aromatic rings. The summed E-state index contributed by atoms with van der Waals surface area (Å²) in [6, 6.07) is 0. The van der Waals surface area contributed by atoms with Crippen LogP contribution in [-0.4, -0.2) is 69.1 Å². The first kappa shape index (κ1) is 42.8. The molecular weight excluding hydrogens is 618 g/mol. The molecule has 0 spiro atoms. The molecule has 2 aliphatic rings. The molecule has 2 aliphatic carbocycles. The second-order valence-corrected chi connectivity index (χ2v) is 17.0. The minimum Gasteiger partial charge on any atom is -0.465 e. The lowest BCUT2D eigenvalue weighted by Crippen LogP contribution is -2.33. The van der Waals surface area contributed by atoms with Gasteiger partial charge in [-0.25, -0.2) is 4.79 Å². The van der Waals surface area contributed by atoms with E-state index in [1.807, 2.05) is 13.8 Å². The Morgan fingerprint density at radius 1 is 0.857 bits per heavy atom. The number of unbranched alkanes of at least 4 members (excludes halogenated alkanes) is 1. The predicted octanol–water partition coefficient (Wildman–Crippen LogP) is 9.71. The number of ether oxygens (including phenoxy) is 4. The highest BCUT2D eigenvalue weighted by atomic mass is 16.7. The molecule has 2 saturated carbocycles. The quantitative estimate of drug-likeness (QED) is 0.0405. The molecule has 4 atom stereocenters. The highest BCUT2D eigenvalue weighted by Crippen LogP contribution is 2.69. The van der Waals surface area contributed by atoms with Crippen LogP contribution in [0.4, 0.5) is 4.79 Å². The zero-order chi connectivity index (χ0) is 36.6. The molecule has 49 heavy (non-hydrogen) atoms. The molecule has 0 radical (unpaired) electrons. The zero-order valence-corrected chi connectivity index (χ0v) is 32.7. The van der Waals surface area contributed by atoms with E-state index in [0.29, 0.717) is 36.0 Å². The number of rotatable bonds is 25. The third kappa shape index (κ3) is 16.5. The second kappa shape index (κ2) is 20.5. The van der Waals surface area contributed by atoms with E-state index in [1.54, 1.807) is 0 Å². The van der Waals surface area contributed by atoms with Gasteiger partial charge in [0.15, 0.2) is 0 Å². The number of esters is 2. The lowest BCUT2D eigenvalue weighted by atomic mass is 9.74. The number of hydrogen-bond donors (Lipinski definition) is 0. The lowest BCUT2D eigenvalue weighted by molar-refractivity contribution is -0.159. The van der Waals surface area contributed by atoms with Crippen molar-refractivity contribution in [3.05, 3.63) is 24.3 Å². The molecule has 282 valence electrons. The number of fused-ring (bicyclic) bond motifs is 1. The van der Waals surface area contributed by atoms with Crippen molar-refractivity contribution < 1.29 is 33.3 Å². The van der Waals surface area contributed by atoms with Crippen LogP contribution < -0.4 is 0 Å². The number of carbonyl (C=O) groups is 3. The summed E-state index contributed by atoms with van der Waals surface area (Å²) in [5.41, 5.74) is 0.170. The Labute approximate surface area is 299 Å². The van der Waals surface area contributed by atoms with Gasteiger partial charge in [0.2, 0.25) is 0 Å². The molecule has 0 saturated heterocycles. The molecular formula is C41H71NO7. The van der Waals surface area contributed by atoms with Gasteiger partial charge in [-0.1, -0.05) is 79.7 Å². The summed E-state index contributed by atoms with van der Waals surface area (Å²) in [5, 5.41) is 0. The second-order valence-electron chi connectivity index (χ2n) is 17.0. The molecule has 2 fully saturated rings. The van der Waals surface area contributed by atoms with E-state index in [-0.39, 0.29) is 43.8 Å². The Morgan fingerprint density at radius 2 is 1.53 bits per heavy atom. The summed E-state index contributed by atoms with van der Waals surface area (Å²) in [5.74, 6) is -0.300. The van der Waals surface area contributed by atoms with Crippen LogP contribution in [0.2, 0.25) is 0 Å². The third-order valence-corrected chi connectivity index (χ3v) is 10.6. The van der Waals surface area contributed by atoms with Gasteiger partial charge < -0.3 is 23.8 Å². The van der Waals surface area contributed by atoms with E-state index in [0.717, 1.165) is 64.6 Å². The van der Waals surface area contributed by atoms with E-state index in [9.17, 15) is 14.4 Å². The fourth-order valence-electron chi connectivity index (χ4n) is 7.30. The fourth-order valence-corrected chi connectivity index (χ4v) is 7.30. The van der Waals surface area contributed by atoms with E-state index in [2.05, 4.69) is 77.7 Å². The summed E-state index contributed by atoms with van der Waals surface area (Å²) < 4.78 is 22.0. The fraction of sp³-hybridized carbons (Fsp3) is 0.829. The lowest BCUT2D eigenvalue weighted by Gasteiger charge is -2.31. The number of allylic oxidation sites excluding steroid dienone is 4. The summed E-state index contributed by atoms with van der Waals surface area (Å²) in [4.78, 5) is 40.5. The van der Waals surface area contributed by atoms with Crippen LogP contribution in [-0.2, 0) is 28.5 Å². The van der Waals surface area contributed by atoms with Crippen LogP contribution in [0.1, 0.15) is 139 Å². The van der Waals surface area contributed by atoms with Gasteiger partial charge >= 0.3 is 18.1 Å². The van der Waals surface area contributed by atoms with Crippen molar-refractivity contribution in [3.8, 4) is 0 Å². The summed E-state index contributed by atoms with van der Waals surface area (Å²) in [6.45, 7) is 22.7. The minimum atomic E-state index is -0.761. The van der Waals surface area contributed by atoms with Crippen LogP contribution in [0.15, 0.2) is 24.3 Å². The number of carbonyl (C=O) groups excluding carboxylic acids is 3. The van der Waals surface area contributed by atoms with Crippen molar-refractivity contribution in [2.24, 2.45) is 33.5 Å². The van der Waals surface area contributed by atoms with Gasteiger partial charge in [0.05, 0.1) is 24.4 Å². The first-order valence-electron chi connectivity index (χ1n) is 19.2. The van der Waals surface area contributed by atoms with Crippen molar-refractivity contribution in [1.29, 1.82) is 0 Å². The number of hydrogen-bond acceptors (Lipinski definition) is 8. The summed E-state index contributed by atoms with van der Waals surface area (Å²) >= 11 is 0. The van der Waals surface area contributed by atoms with Crippen molar-refractivity contribution >= 4 is 18.1 Å². The monoisotopic (exact) mass is 690 g/mol. The molecule has 8 nitrogen and oxygen atoms in total. The molecule has 0 amide bonds. The highest BCUT2D eigenvalue weighted by Gasteiger charge is 2.61. The van der Waals surface area contributed by atoms with E-state index in [1.165, 1.54) is 12.8 Å². The largest absolute Gasteiger partial charge is 0.508 e. The van der Waals surface area contributed by atoms with Crippen molar-refractivity contribution in [2.75, 3.05) is 46.1 Å². The molecule has 0 bridgehead atoms. The zero-order valence-electron chi connectivity index (χ0n) is 32.7. The molecule has 4 unspecified atom stereocenters. The number of nitrogens with zero attached hydrogens (tertiary/aromatic N) is 1. The Kier molecular flexibility index (Phi) is 17.9. The maximum Gasteiger partial charge on any atom is 0.508 e. The first-order valence-corrected chi connectivity index (χ1v) is 19.2. The Balaban J connectivity index is 1.78. The topological polar surface area (TPSA) is 91.4 Å². The van der Waals surface area contributed by atoms with Gasteiger partial charge in [-0.3, -0.25) is 9.59 Å². The summed E-state index contributed by atoms with van der Waals surface area (Å²) in [6.07, 6.45) is 19.1. The van der Waals surface area contributed by atoms with Gasteiger partial charge in [-0.2, -0.15) is 0 Å². The maximum absolute atomic E-state index is 13.3. The average Bonchev–Trinajstić information content (AvgIpc) is 3.55. The Hall–Kier alpha value is -2.35. The molecule has 0 N–H and O–H groups in total. The first-order chi connectivity index (χ1) is 23.1. The predicted molar refractivity (Wildman–Crippen MR) is 197 cm³/mol. The maximum atomic E-state index is 13.3. The van der Waals surface area contributed by atoms with E-state index in [4.69, 9.17) is 18.9 Å². The molecule has 0 aromatic carbocycles. The SMILES string of the molecule is CCN(CC)CCCOC(=O)OCC(COC(=O)CC12CCC1C2)COC(=O)C(C)(CC)CCC/C=C\C/C=C\CC(C)(C)CC(C)(C)C. The molecule has 8 heteroatoms. The van der Waals surface area contributed by atoms with Crippen LogP contribution in [0.5, 0.6) is 0 Å². The third-order valence-electron chi connectivity index (χ3n) is 10.6. The van der Waals surface area contributed by atoms with Gasteiger partial charge in [0.1, 0.15) is 19.8 Å². The Bertz CT molecular complexity index is 1070. The standard InChI is InChI=1S/C41H71NO7/c1-10-40(9,23-19-17-15-13-14-16-18-22-39(7,8)32-38(4,5)6)36(44)48-30-33(29-47-35(43)28-41-24-21-34(41)27-41)31-49-37(45)46-26-20-25-42(11-2)12-3/h13,15-16,18,33-34H,10-12,14,17,19-32H2,1-9H3/b15-13-,18-16-. The highest BCUT2D eigenvalue weighted by molar-refractivity contribution is 5.76. The van der Waals surface area contributed by atoms with Crippen molar-refractivity contribution in [1.82, 2.24) is 4.90 Å². The smallest absolute Gasteiger partial charge is 0.465 e. The van der Waals surface area contributed by atoms with Gasteiger partial charge in [0.25, 0.3) is 0 Å². The Morgan fingerprint density at radius 3 is 2.12 bits per heavy atom. The molecule has 0 aliphatic heterocycles.